The van der Waals surface area contributed by atoms with Gasteiger partial charge in [0.1, 0.15) is 12.4 Å². The second kappa shape index (κ2) is 10.2. The fourth-order valence-electron chi connectivity index (χ4n) is 1.66. The molecule has 21 heavy (non-hydrogen) atoms. The predicted molar refractivity (Wildman–Crippen MR) is 81.8 cm³/mol. The molecule has 0 saturated carbocycles. The van der Waals surface area contributed by atoms with Gasteiger partial charge in [-0.15, -0.1) is 0 Å². The lowest BCUT2D eigenvalue weighted by molar-refractivity contribution is 0.0600. The van der Waals surface area contributed by atoms with Crippen LogP contribution in [-0.4, -0.2) is 46.0 Å². The molecule has 118 valence electrons. The van der Waals surface area contributed by atoms with E-state index in [-0.39, 0.29) is 5.97 Å². The van der Waals surface area contributed by atoms with Crippen molar-refractivity contribution in [2.24, 2.45) is 5.92 Å². The van der Waals surface area contributed by atoms with Crippen molar-refractivity contribution in [2.45, 2.75) is 13.8 Å². The summed E-state index contributed by atoms with van der Waals surface area (Å²) in [6.45, 7) is 7.92. The van der Waals surface area contributed by atoms with Crippen LogP contribution in [-0.2, 0) is 9.47 Å². The fraction of sp³-hybridized carbons (Fsp3) is 0.562. The number of ether oxygens (including phenoxy) is 3. The molecule has 0 spiro atoms. The average Bonchev–Trinajstić information content (AvgIpc) is 2.49. The molecule has 5 nitrogen and oxygen atoms in total. The van der Waals surface area contributed by atoms with E-state index in [1.54, 1.807) is 24.3 Å². The summed E-state index contributed by atoms with van der Waals surface area (Å²) in [5, 5.41) is 3.31. The Morgan fingerprint density at radius 3 is 2.48 bits per heavy atom. The van der Waals surface area contributed by atoms with Crippen LogP contribution >= 0.6 is 0 Å². The number of nitrogens with one attached hydrogen (secondary N) is 1. The van der Waals surface area contributed by atoms with Crippen LogP contribution in [0, 0.1) is 5.92 Å². The van der Waals surface area contributed by atoms with Crippen LogP contribution < -0.4 is 10.1 Å². The van der Waals surface area contributed by atoms with Crippen LogP contribution in [0.15, 0.2) is 24.3 Å². The molecule has 1 rings (SSSR count). The summed E-state index contributed by atoms with van der Waals surface area (Å²) < 4.78 is 15.6. The summed E-state index contributed by atoms with van der Waals surface area (Å²) in [5.41, 5.74) is 0.511. The molecule has 0 fully saturated rings. The monoisotopic (exact) mass is 295 g/mol. The topological polar surface area (TPSA) is 56.8 Å². The Morgan fingerprint density at radius 1 is 1.14 bits per heavy atom. The smallest absolute Gasteiger partial charge is 0.337 e. The van der Waals surface area contributed by atoms with Gasteiger partial charge < -0.3 is 19.5 Å². The van der Waals surface area contributed by atoms with E-state index in [2.05, 4.69) is 23.9 Å². The molecular weight excluding hydrogens is 270 g/mol. The van der Waals surface area contributed by atoms with Gasteiger partial charge in [0.25, 0.3) is 0 Å². The van der Waals surface area contributed by atoms with Gasteiger partial charge in [0.05, 0.1) is 25.9 Å². The maximum absolute atomic E-state index is 11.3. The molecule has 0 amide bonds. The number of hydrogen-bond acceptors (Lipinski definition) is 5. The Balaban J connectivity index is 2.09. The van der Waals surface area contributed by atoms with Crippen LogP contribution in [0.1, 0.15) is 24.2 Å². The fourth-order valence-corrected chi connectivity index (χ4v) is 1.66. The highest BCUT2D eigenvalue weighted by atomic mass is 16.5. The second-order valence-electron chi connectivity index (χ2n) is 5.07. The lowest BCUT2D eigenvalue weighted by Gasteiger charge is -2.09. The Kier molecular flexibility index (Phi) is 8.47. The standard InChI is InChI=1S/C16H25NO4/c1-13(2)12-17-8-9-20-10-11-21-15-6-4-14(5-7-15)16(18)19-3/h4-7,13,17H,8-12H2,1-3H3. The summed E-state index contributed by atoms with van der Waals surface area (Å²) in [6.07, 6.45) is 0. The Labute approximate surface area is 126 Å². The lowest BCUT2D eigenvalue weighted by atomic mass is 10.2. The molecule has 0 aromatic heterocycles. The predicted octanol–water partition coefficient (Wildman–Crippen LogP) is 2.11. The zero-order valence-electron chi connectivity index (χ0n) is 13.1. The molecule has 0 aliphatic heterocycles. The van der Waals surface area contributed by atoms with E-state index in [1.165, 1.54) is 7.11 Å². The Morgan fingerprint density at radius 2 is 1.86 bits per heavy atom. The zero-order chi connectivity index (χ0) is 15.5. The van der Waals surface area contributed by atoms with Gasteiger partial charge in [-0.1, -0.05) is 13.8 Å². The largest absolute Gasteiger partial charge is 0.491 e. The molecular formula is C16H25NO4. The number of carbonyl (C=O) groups excluding carboxylic acids is 1. The maximum atomic E-state index is 11.3. The minimum Gasteiger partial charge on any atom is -0.491 e. The van der Waals surface area contributed by atoms with Gasteiger partial charge in [0.15, 0.2) is 0 Å². The molecule has 0 atom stereocenters. The third-order valence-electron chi connectivity index (χ3n) is 2.75. The molecule has 0 unspecified atom stereocenters. The quantitative estimate of drug-likeness (QED) is 0.529. The number of hydrogen-bond donors (Lipinski definition) is 1. The Hall–Kier alpha value is -1.59. The van der Waals surface area contributed by atoms with E-state index in [9.17, 15) is 4.79 Å². The molecule has 1 aromatic rings. The van der Waals surface area contributed by atoms with Gasteiger partial charge in [-0.05, 0) is 36.7 Å². The number of methoxy groups -OCH3 is 1. The first-order valence-electron chi connectivity index (χ1n) is 7.23. The van der Waals surface area contributed by atoms with Crippen LogP contribution in [0.4, 0.5) is 0 Å². The summed E-state index contributed by atoms with van der Waals surface area (Å²) in [6, 6.07) is 6.85. The van der Waals surface area contributed by atoms with E-state index < -0.39 is 0 Å². The molecule has 5 heteroatoms. The molecule has 0 bridgehead atoms. The van der Waals surface area contributed by atoms with Gasteiger partial charge in [-0.3, -0.25) is 0 Å². The number of esters is 1. The summed E-state index contributed by atoms with van der Waals surface area (Å²) in [5.74, 6) is 1.02. The first-order chi connectivity index (χ1) is 10.1. The lowest BCUT2D eigenvalue weighted by Crippen LogP contribution is -2.24. The highest BCUT2D eigenvalue weighted by Gasteiger charge is 2.04. The van der Waals surface area contributed by atoms with Crippen molar-refractivity contribution in [3.05, 3.63) is 29.8 Å². The van der Waals surface area contributed by atoms with Crippen molar-refractivity contribution >= 4 is 5.97 Å². The molecule has 0 aliphatic rings. The first kappa shape index (κ1) is 17.5. The van der Waals surface area contributed by atoms with E-state index in [0.717, 1.165) is 13.1 Å². The van der Waals surface area contributed by atoms with Crippen molar-refractivity contribution in [3.8, 4) is 5.75 Å². The number of carbonyl (C=O) groups is 1. The SMILES string of the molecule is COC(=O)c1ccc(OCCOCCNCC(C)C)cc1. The molecule has 1 aromatic carbocycles. The van der Waals surface area contributed by atoms with Crippen molar-refractivity contribution in [2.75, 3.05) is 40.0 Å². The van der Waals surface area contributed by atoms with Crippen LogP contribution in [0.25, 0.3) is 0 Å². The normalized spacial score (nSPS) is 10.7. The molecule has 0 saturated heterocycles. The first-order valence-corrected chi connectivity index (χ1v) is 7.23. The summed E-state index contributed by atoms with van der Waals surface area (Å²) in [7, 11) is 1.36. The third kappa shape index (κ3) is 7.68. The zero-order valence-corrected chi connectivity index (χ0v) is 13.1. The molecule has 0 radical (unpaired) electrons. The minimum atomic E-state index is -0.348. The van der Waals surface area contributed by atoms with Crippen molar-refractivity contribution in [1.29, 1.82) is 0 Å². The van der Waals surface area contributed by atoms with Crippen LogP contribution in [0.3, 0.4) is 0 Å². The van der Waals surface area contributed by atoms with Crippen molar-refractivity contribution < 1.29 is 19.0 Å². The highest BCUT2D eigenvalue weighted by molar-refractivity contribution is 5.89. The van der Waals surface area contributed by atoms with E-state index in [0.29, 0.717) is 37.1 Å². The summed E-state index contributed by atoms with van der Waals surface area (Å²) in [4.78, 5) is 11.3. The second-order valence-corrected chi connectivity index (χ2v) is 5.07. The van der Waals surface area contributed by atoms with Gasteiger partial charge in [0.2, 0.25) is 0 Å². The maximum Gasteiger partial charge on any atom is 0.337 e. The third-order valence-corrected chi connectivity index (χ3v) is 2.75. The number of rotatable bonds is 10. The number of benzene rings is 1. The van der Waals surface area contributed by atoms with Gasteiger partial charge in [-0.2, -0.15) is 0 Å². The minimum absolute atomic E-state index is 0.348. The average molecular weight is 295 g/mol. The molecule has 0 aliphatic carbocycles. The van der Waals surface area contributed by atoms with Crippen LogP contribution in [0.5, 0.6) is 5.75 Å². The van der Waals surface area contributed by atoms with E-state index in [1.807, 2.05) is 0 Å². The van der Waals surface area contributed by atoms with Crippen LogP contribution in [0.2, 0.25) is 0 Å². The van der Waals surface area contributed by atoms with Crippen molar-refractivity contribution in [3.63, 3.8) is 0 Å². The van der Waals surface area contributed by atoms with Crippen molar-refractivity contribution in [1.82, 2.24) is 5.32 Å². The van der Waals surface area contributed by atoms with E-state index in [4.69, 9.17) is 9.47 Å². The Bertz CT molecular complexity index is 403. The highest BCUT2D eigenvalue weighted by Crippen LogP contribution is 2.12. The van der Waals surface area contributed by atoms with Gasteiger partial charge in [0, 0.05) is 6.54 Å². The molecule has 1 N–H and O–H groups in total. The van der Waals surface area contributed by atoms with Gasteiger partial charge in [-0.25, -0.2) is 4.79 Å². The molecule has 0 heterocycles. The summed E-state index contributed by atoms with van der Waals surface area (Å²) >= 11 is 0. The van der Waals surface area contributed by atoms with Gasteiger partial charge >= 0.3 is 5.97 Å². The van der Waals surface area contributed by atoms with E-state index >= 15 is 0 Å².